The van der Waals surface area contributed by atoms with Crippen molar-refractivity contribution in [3.05, 3.63) is 0 Å². The molecular formula is C11H21NO. The summed E-state index contributed by atoms with van der Waals surface area (Å²) in [6.07, 6.45) is 4.28. The Morgan fingerprint density at radius 1 is 1.38 bits per heavy atom. The highest BCUT2D eigenvalue weighted by atomic mass is 16.1. The molecule has 0 radical (unpaired) electrons. The van der Waals surface area contributed by atoms with Crippen molar-refractivity contribution in [3.8, 4) is 0 Å². The van der Waals surface area contributed by atoms with E-state index in [4.69, 9.17) is 5.73 Å². The summed E-state index contributed by atoms with van der Waals surface area (Å²) in [6, 6.07) is 0. The lowest BCUT2D eigenvalue weighted by molar-refractivity contribution is -0.123. The van der Waals surface area contributed by atoms with Crippen LogP contribution in [0.5, 0.6) is 0 Å². The smallest absolute Gasteiger partial charge is 0.220 e. The van der Waals surface area contributed by atoms with Gasteiger partial charge in [-0.2, -0.15) is 0 Å². The molecule has 13 heavy (non-hydrogen) atoms. The fourth-order valence-corrected chi connectivity index (χ4v) is 2.14. The third kappa shape index (κ3) is 2.23. The Hall–Kier alpha value is -0.530. The molecule has 1 fully saturated rings. The zero-order valence-electron chi connectivity index (χ0n) is 8.97. The lowest BCUT2D eigenvalue weighted by atomic mass is 9.66. The van der Waals surface area contributed by atoms with Gasteiger partial charge in [-0.3, -0.25) is 4.79 Å². The van der Waals surface area contributed by atoms with E-state index in [1.54, 1.807) is 0 Å². The van der Waals surface area contributed by atoms with Gasteiger partial charge in [0.05, 0.1) is 0 Å². The highest BCUT2D eigenvalue weighted by Gasteiger charge is 2.35. The molecular weight excluding hydrogens is 162 g/mol. The molecule has 0 spiro atoms. The van der Waals surface area contributed by atoms with Crippen LogP contribution in [-0.2, 0) is 4.79 Å². The SMILES string of the molecule is CC(C)C1(C)CCC(C(N)=O)CC1. The van der Waals surface area contributed by atoms with Crippen LogP contribution in [-0.4, -0.2) is 5.91 Å². The van der Waals surface area contributed by atoms with Crippen molar-refractivity contribution in [3.63, 3.8) is 0 Å². The maximum atomic E-state index is 11.0. The largest absolute Gasteiger partial charge is 0.369 e. The average molecular weight is 183 g/mol. The Labute approximate surface area is 80.9 Å². The van der Waals surface area contributed by atoms with E-state index < -0.39 is 0 Å². The summed E-state index contributed by atoms with van der Waals surface area (Å²) in [5.74, 6) is 0.749. The van der Waals surface area contributed by atoms with E-state index in [0.717, 1.165) is 25.7 Å². The van der Waals surface area contributed by atoms with E-state index >= 15 is 0 Å². The first-order valence-electron chi connectivity index (χ1n) is 5.25. The van der Waals surface area contributed by atoms with Crippen molar-refractivity contribution < 1.29 is 4.79 Å². The molecule has 0 atom stereocenters. The lowest BCUT2D eigenvalue weighted by Crippen LogP contribution is -2.34. The number of carbonyl (C=O) groups is 1. The number of amides is 1. The summed E-state index contributed by atoms with van der Waals surface area (Å²) in [5, 5.41) is 0. The number of carbonyl (C=O) groups excluding carboxylic acids is 1. The summed E-state index contributed by atoms with van der Waals surface area (Å²) in [4.78, 5) is 11.0. The number of rotatable bonds is 2. The fourth-order valence-electron chi connectivity index (χ4n) is 2.14. The van der Waals surface area contributed by atoms with Gasteiger partial charge in [-0.15, -0.1) is 0 Å². The van der Waals surface area contributed by atoms with Gasteiger partial charge in [0.25, 0.3) is 0 Å². The fraction of sp³-hybridized carbons (Fsp3) is 0.909. The van der Waals surface area contributed by atoms with Crippen molar-refractivity contribution >= 4 is 5.91 Å². The molecule has 0 heterocycles. The van der Waals surface area contributed by atoms with E-state index in [9.17, 15) is 4.79 Å². The van der Waals surface area contributed by atoms with Gasteiger partial charge in [0.1, 0.15) is 0 Å². The molecule has 0 bridgehead atoms. The van der Waals surface area contributed by atoms with Crippen LogP contribution in [0.2, 0.25) is 0 Å². The van der Waals surface area contributed by atoms with Crippen LogP contribution in [0.1, 0.15) is 46.5 Å². The van der Waals surface area contributed by atoms with Gasteiger partial charge in [0, 0.05) is 5.92 Å². The van der Waals surface area contributed by atoms with Crippen LogP contribution in [0.4, 0.5) is 0 Å². The first-order chi connectivity index (χ1) is 5.96. The van der Waals surface area contributed by atoms with Crippen LogP contribution in [0.15, 0.2) is 0 Å². The van der Waals surface area contributed by atoms with Crippen LogP contribution in [0.3, 0.4) is 0 Å². The van der Waals surface area contributed by atoms with Crippen LogP contribution < -0.4 is 5.73 Å². The minimum Gasteiger partial charge on any atom is -0.369 e. The summed E-state index contributed by atoms with van der Waals surface area (Å²) in [6.45, 7) is 6.87. The second kappa shape index (κ2) is 3.69. The normalized spacial score (nSPS) is 34.9. The molecule has 2 nitrogen and oxygen atoms in total. The van der Waals surface area contributed by atoms with E-state index in [0.29, 0.717) is 11.3 Å². The quantitative estimate of drug-likeness (QED) is 0.701. The number of hydrogen-bond donors (Lipinski definition) is 1. The van der Waals surface area contributed by atoms with Gasteiger partial charge in [-0.05, 0) is 37.0 Å². The van der Waals surface area contributed by atoms with Crippen molar-refractivity contribution in [1.29, 1.82) is 0 Å². The highest BCUT2D eigenvalue weighted by Crippen LogP contribution is 2.43. The van der Waals surface area contributed by atoms with E-state index in [1.807, 2.05) is 0 Å². The zero-order chi connectivity index (χ0) is 10.1. The molecule has 1 aliphatic carbocycles. The number of nitrogens with two attached hydrogens (primary N) is 1. The first-order valence-corrected chi connectivity index (χ1v) is 5.25. The predicted octanol–water partition coefficient (Wildman–Crippen LogP) is 2.32. The molecule has 0 aromatic heterocycles. The van der Waals surface area contributed by atoms with Crippen LogP contribution in [0.25, 0.3) is 0 Å². The highest BCUT2D eigenvalue weighted by molar-refractivity contribution is 5.76. The molecule has 2 N–H and O–H groups in total. The van der Waals surface area contributed by atoms with Crippen LogP contribution >= 0.6 is 0 Å². The Morgan fingerprint density at radius 3 is 2.15 bits per heavy atom. The van der Waals surface area contributed by atoms with Crippen molar-refractivity contribution in [2.75, 3.05) is 0 Å². The van der Waals surface area contributed by atoms with Gasteiger partial charge in [0.2, 0.25) is 5.91 Å². The Kier molecular flexibility index (Phi) is 2.99. The van der Waals surface area contributed by atoms with Crippen molar-refractivity contribution in [2.45, 2.75) is 46.5 Å². The van der Waals surface area contributed by atoms with Crippen molar-refractivity contribution in [1.82, 2.24) is 0 Å². The molecule has 0 aromatic carbocycles. The molecule has 2 heteroatoms. The average Bonchev–Trinajstić information content (AvgIpc) is 2.04. The maximum absolute atomic E-state index is 11.0. The number of primary amides is 1. The van der Waals surface area contributed by atoms with E-state index in [-0.39, 0.29) is 11.8 Å². The van der Waals surface area contributed by atoms with Gasteiger partial charge >= 0.3 is 0 Å². The van der Waals surface area contributed by atoms with Crippen molar-refractivity contribution in [2.24, 2.45) is 23.0 Å². The first kappa shape index (κ1) is 10.6. The zero-order valence-corrected chi connectivity index (χ0v) is 8.97. The van der Waals surface area contributed by atoms with Gasteiger partial charge < -0.3 is 5.73 Å². The molecule has 1 aliphatic rings. The molecule has 0 saturated heterocycles. The topological polar surface area (TPSA) is 43.1 Å². The predicted molar refractivity (Wildman–Crippen MR) is 54.1 cm³/mol. The second-order valence-corrected chi connectivity index (χ2v) is 4.99. The standard InChI is InChI=1S/C11H21NO/c1-8(2)11(3)6-4-9(5-7-11)10(12)13/h8-9H,4-7H2,1-3H3,(H2,12,13). The summed E-state index contributed by atoms with van der Waals surface area (Å²) < 4.78 is 0. The van der Waals surface area contributed by atoms with E-state index in [2.05, 4.69) is 20.8 Å². The molecule has 1 rings (SSSR count). The summed E-state index contributed by atoms with van der Waals surface area (Å²) >= 11 is 0. The molecule has 1 saturated carbocycles. The Morgan fingerprint density at radius 2 is 1.85 bits per heavy atom. The maximum Gasteiger partial charge on any atom is 0.220 e. The summed E-state index contributed by atoms with van der Waals surface area (Å²) in [5.41, 5.74) is 5.73. The lowest BCUT2D eigenvalue weighted by Gasteiger charge is -2.39. The van der Waals surface area contributed by atoms with Gasteiger partial charge in [-0.25, -0.2) is 0 Å². The molecule has 1 amide bonds. The summed E-state index contributed by atoms with van der Waals surface area (Å²) in [7, 11) is 0. The molecule has 0 aromatic rings. The van der Waals surface area contributed by atoms with Crippen LogP contribution in [0, 0.1) is 17.3 Å². The molecule has 76 valence electrons. The third-order valence-electron chi connectivity index (χ3n) is 3.92. The molecule has 0 aliphatic heterocycles. The Bertz CT molecular complexity index is 190. The molecule has 0 unspecified atom stereocenters. The van der Waals surface area contributed by atoms with Gasteiger partial charge in [-0.1, -0.05) is 20.8 Å². The minimum atomic E-state index is -0.106. The third-order valence-corrected chi connectivity index (χ3v) is 3.92. The second-order valence-electron chi connectivity index (χ2n) is 4.99. The Balaban J connectivity index is 2.51. The van der Waals surface area contributed by atoms with E-state index in [1.165, 1.54) is 0 Å². The minimum absolute atomic E-state index is 0.106. The number of hydrogen-bond acceptors (Lipinski definition) is 1. The monoisotopic (exact) mass is 183 g/mol. The van der Waals surface area contributed by atoms with Gasteiger partial charge in [0.15, 0.2) is 0 Å².